The molecular formula is C19H20ClFO3S. The summed E-state index contributed by atoms with van der Waals surface area (Å²) in [6.45, 7) is 3.70. The number of carbonyl (C=O) groups is 1. The molecule has 2 rings (SSSR count). The van der Waals surface area contributed by atoms with E-state index in [0.717, 1.165) is 10.5 Å². The maximum atomic E-state index is 14.2. The van der Waals surface area contributed by atoms with Gasteiger partial charge in [0.05, 0.1) is 0 Å². The number of rotatable bonds is 7. The Morgan fingerprint density at radius 2 is 2.00 bits per heavy atom. The minimum atomic E-state index is -0.463. The Morgan fingerprint density at radius 3 is 2.64 bits per heavy atom. The highest BCUT2D eigenvalue weighted by Crippen LogP contribution is 2.32. The van der Waals surface area contributed by atoms with Crippen molar-refractivity contribution in [1.82, 2.24) is 0 Å². The first kappa shape index (κ1) is 19.6. The van der Waals surface area contributed by atoms with Crippen LogP contribution in [0.2, 0.25) is 5.02 Å². The van der Waals surface area contributed by atoms with Gasteiger partial charge in [-0.15, -0.1) is 11.8 Å². The number of aryl methyl sites for hydroxylation is 1. The van der Waals surface area contributed by atoms with Gasteiger partial charge in [0.1, 0.15) is 12.4 Å². The standard InChI is InChI=1S/C19H20ClFO3S/c1-4-12-9-15(21)17(10-14(12)20)23-11-13-16(24-19(22)5-2)7-6-8-18(13)25-3/h6-10H,4-5,11H2,1-3H3. The number of thioether (sulfide) groups is 1. The molecule has 0 aliphatic heterocycles. The Bertz CT molecular complexity index is 765. The maximum Gasteiger partial charge on any atom is 0.310 e. The third kappa shape index (κ3) is 4.89. The van der Waals surface area contributed by atoms with Gasteiger partial charge in [-0.2, -0.15) is 0 Å². The number of carbonyl (C=O) groups excluding carboxylic acids is 1. The minimum absolute atomic E-state index is 0.0715. The molecule has 2 aromatic rings. The zero-order valence-corrected chi connectivity index (χ0v) is 16.0. The second kappa shape index (κ2) is 9.11. The van der Waals surface area contributed by atoms with Crippen molar-refractivity contribution < 1.29 is 18.7 Å². The summed E-state index contributed by atoms with van der Waals surface area (Å²) in [5.41, 5.74) is 1.43. The van der Waals surface area contributed by atoms with Gasteiger partial charge in [-0.05, 0) is 36.4 Å². The number of ether oxygens (including phenoxy) is 2. The normalized spacial score (nSPS) is 10.6. The van der Waals surface area contributed by atoms with E-state index < -0.39 is 5.82 Å². The van der Waals surface area contributed by atoms with Crippen LogP contribution in [0.15, 0.2) is 35.2 Å². The topological polar surface area (TPSA) is 35.5 Å². The molecular weight excluding hydrogens is 363 g/mol. The Balaban J connectivity index is 2.28. The summed E-state index contributed by atoms with van der Waals surface area (Å²) in [6, 6.07) is 8.28. The molecule has 6 heteroatoms. The summed E-state index contributed by atoms with van der Waals surface area (Å²) < 4.78 is 25.2. The van der Waals surface area contributed by atoms with Crippen LogP contribution in [0.5, 0.6) is 11.5 Å². The van der Waals surface area contributed by atoms with Crippen molar-refractivity contribution in [2.24, 2.45) is 0 Å². The fraction of sp³-hybridized carbons (Fsp3) is 0.316. The first-order valence-corrected chi connectivity index (χ1v) is 9.57. The predicted octanol–water partition coefficient (Wildman–Crippen LogP) is 5.66. The van der Waals surface area contributed by atoms with Crippen LogP contribution in [0.3, 0.4) is 0 Å². The van der Waals surface area contributed by atoms with E-state index in [4.69, 9.17) is 21.1 Å². The molecule has 0 fully saturated rings. The molecule has 0 heterocycles. The van der Waals surface area contributed by atoms with Crippen molar-refractivity contribution in [3.63, 3.8) is 0 Å². The van der Waals surface area contributed by atoms with Gasteiger partial charge in [0.25, 0.3) is 0 Å². The van der Waals surface area contributed by atoms with Crippen molar-refractivity contribution in [2.45, 2.75) is 38.2 Å². The molecule has 0 aromatic heterocycles. The van der Waals surface area contributed by atoms with Crippen LogP contribution in [0.1, 0.15) is 31.4 Å². The molecule has 0 atom stereocenters. The summed E-state index contributed by atoms with van der Waals surface area (Å²) >= 11 is 7.64. The lowest BCUT2D eigenvalue weighted by Gasteiger charge is -2.15. The molecule has 0 aliphatic carbocycles. The summed E-state index contributed by atoms with van der Waals surface area (Å²) in [6.07, 6.45) is 2.83. The molecule has 2 aromatic carbocycles. The highest BCUT2D eigenvalue weighted by molar-refractivity contribution is 7.98. The van der Waals surface area contributed by atoms with E-state index in [1.54, 1.807) is 19.1 Å². The molecule has 0 amide bonds. The van der Waals surface area contributed by atoms with E-state index in [2.05, 4.69) is 0 Å². The van der Waals surface area contributed by atoms with Crippen molar-refractivity contribution in [3.05, 3.63) is 52.3 Å². The average molecular weight is 383 g/mol. The fourth-order valence-corrected chi connectivity index (χ4v) is 3.18. The summed E-state index contributed by atoms with van der Waals surface area (Å²) in [5.74, 6) is -0.294. The summed E-state index contributed by atoms with van der Waals surface area (Å²) in [5, 5.41) is 0.467. The molecule has 0 spiro atoms. The van der Waals surface area contributed by atoms with Gasteiger partial charge in [-0.3, -0.25) is 4.79 Å². The highest BCUT2D eigenvalue weighted by atomic mass is 35.5. The van der Waals surface area contributed by atoms with Crippen molar-refractivity contribution >= 4 is 29.3 Å². The second-order valence-corrected chi connectivity index (χ2v) is 6.54. The molecule has 0 N–H and O–H groups in total. The van der Waals surface area contributed by atoms with Crippen LogP contribution in [-0.4, -0.2) is 12.2 Å². The van der Waals surface area contributed by atoms with Gasteiger partial charge >= 0.3 is 5.97 Å². The van der Waals surface area contributed by atoms with Crippen LogP contribution in [-0.2, 0) is 17.8 Å². The van der Waals surface area contributed by atoms with Crippen LogP contribution in [0.4, 0.5) is 4.39 Å². The molecule has 0 bridgehead atoms. The Labute approximate surface area is 156 Å². The van der Waals surface area contributed by atoms with E-state index in [1.807, 2.05) is 19.2 Å². The first-order chi connectivity index (χ1) is 12.0. The minimum Gasteiger partial charge on any atom is -0.486 e. The number of halogens is 2. The Kier molecular flexibility index (Phi) is 7.14. The number of hydrogen-bond donors (Lipinski definition) is 0. The van der Waals surface area contributed by atoms with E-state index >= 15 is 0 Å². The summed E-state index contributed by atoms with van der Waals surface area (Å²) in [7, 11) is 0. The lowest BCUT2D eigenvalue weighted by Crippen LogP contribution is -2.09. The lowest BCUT2D eigenvalue weighted by atomic mass is 10.1. The SMILES string of the molecule is CCC(=O)Oc1cccc(SC)c1COc1cc(Cl)c(CC)cc1F. The molecule has 0 aliphatic rings. The molecule has 0 unspecified atom stereocenters. The number of benzene rings is 2. The zero-order valence-electron chi connectivity index (χ0n) is 14.4. The molecule has 3 nitrogen and oxygen atoms in total. The van der Waals surface area contributed by atoms with Gasteiger partial charge in [0.15, 0.2) is 11.6 Å². The smallest absolute Gasteiger partial charge is 0.310 e. The monoisotopic (exact) mass is 382 g/mol. The molecule has 25 heavy (non-hydrogen) atoms. The van der Waals surface area contributed by atoms with Crippen LogP contribution < -0.4 is 9.47 Å². The molecule has 0 radical (unpaired) electrons. The second-order valence-electron chi connectivity index (χ2n) is 5.28. The number of esters is 1. The quantitative estimate of drug-likeness (QED) is 0.351. The summed E-state index contributed by atoms with van der Waals surface area (Å²) in [4.78, 5) is 12.5. The van der Waals surface area contributed by atoms with Crippen molar-refractivity contribution in [2.75, 3.05) is 6.26 Å². The van der Waals surface area contributed by atoms with Gasteiger partial charge in [-0.1, -0.05) is 31.5 Å². The van der Waals surface area contributed by atoms with Gasteiger partial charge in [-0.25, -0.2) is 4.39 Å². The van der Waals surface area contributed by atoms with E-state index in [9.17, 15) is 9.18 Å². The first-order valence-electron chi connectivity index (χ1n) is 7.97. The Hall–Kier alpha value is -1.72. The van der Waals surface area contributed by atoms with E-state index in [-0.39, 0.29) is 24.7 Å². The average Bonchev–Trinajstić information content (AvgIpc) is 2.62. The van der Waals surface area contributed by atoms with Crippen LogP contribution in [0.25, 0.3) is 0 Å². The fourth-order valence-electron chi connectivity index (χ4n) is 2.27. The maximum absolute atomic E-state index is 14.2. The molecule has 0 saturated heterocycles. The largest absolute Gasteiger partial charge is 0.486 e. The molecule has 134 valence electrons. The number of hydrogen-bond acceptors (Lipinski definition) is 4. The zero-order chi connectivity index (χ0) is 18.4. The Morgan fingerprint density at radius 1 is 1.24 bits per heavy atom. The van der Waals surface area contributed by atoms with Crippen molar-refractivity contribution in [1.29, 1.82) is 0 Å². The highest BCUT2D eigenvalue weighted by Gasteiger charge is 2.15. The predicted molar refractivity (Wildman–Crippen MR) is 99.3 cm³/mol. The van der Waals surface area contributed by atoms with Gasteiger partial charge in [0, 0.05) is 28.0 Å². The van der Waals surface area contributed by atoms with Crippen LogP contribution in [0, 0.1) is 5.82 Å². The van der Waals surface area contributed by atoms with Crippen LogP contribution >= 0.6 is 23.4 Å². The van der Waals surface area contributed by atoms with E-state index in [0.29, 0.717) is 22.8 Å². The molecule has 0 saturated carbocycles. The lowest BCUT2D eigenvalue weighted by molar-refractivity contribution is -0.134. The van der Waals surface area contributed by atoms with E-state index in [1.165, 1.54) is 23.9 Å². The van der Waals surface area contributed by atoms with Gasteiger partial charge < -0.3 is 9.47 Å². The third-order valence-corrected chi connectivity index (χ3v) is 4.85. The third-order valence-electron chi connectivity index (χ3n) is 3.68. The van der Waals surface area contributed by atoms with Crippen molar-refractivity contribution in [3.8, 4) is 11.5 Å². The van der Waals surface area contributed by atoms with Gasteiger partial charge in [0.2, 0.25) is 0 Å².